The van der Waals surface area contributed by atoms with E-state index in [9.17, 15) is 24.0 Å². The van der Waals surface area contributed by atoms with Crippen molar-refractivity contribution in [3.8, 4) is 46.7 Å². The first-order valence-electron chi connectivity index (χ1n) is 20.6. The molecule has 0 radical (unpaired) electrons. The lowest BCUT2D eigenvalue weighted by atomic mass is 10.1. The van der Waals surface area contributed by atoms with Crippen LogP contribution in [0.2, 0.25) is 0 Å². The van der Waals surface area contributed by atoms with Gasteiger partial charge in [0.2, 0.25) is 0 Å². The molecule has 322 valence electrons. The molecule has 0 fully saturated rings. The van der Waals surface area contributed by atoms with Crippen molar-refractivity contribution in [1.82, 2.24) is 0 Å². The standard InChI is InChI=1S/C55H43NO9/c1-3-46(57)17-11-35-62-48-31-27-43(28-32-48)54(60)64-51-38-50(56-53(59)42-15-9-6-10-16-42)52(65-55(61)44-29-33-49(34-30-44)63-36-12-18-47(58)4-2)37-45(51)26-25-41-23-21-40(22-24-41)20-19-39-13-7-5-8-14-39/h3-10,13-16,21-24,27-34,37-38H,1-2,11-12,17-18,35-36H2,(H,56,59). The molecule has 0 heterocycles. The van der Waals surface area contributed by atoms with Crippen molar-refractivity contribution in [2.45, 2.75) is 25.7 Å². The number of nitrogens with one attached hydrogen (secondary N) is 1. The number of benzene rings is 6. The van der Waals surface area contributed by atoms with Gasteiger partial charge in [-0.05, 0) is 122 Å². The molecule has 1 N–H and O–H groups in total. The van der Waals surface area contributed by atoms with Crippen LogP contribution in [0.4, 0.5) is 5.69 Å². The third-order valence-corrected chi connectivity index (χ3v) is 9.43. The minimum Gasteiger partial charge on any atom is -0.494 e. The Morgan fingerprint density at radius 1 is 0.492 bits per heavy atom. The van der Waals surface area contributed by atoms with E-state index in [1.54, 1.807) is 66.7 Å². The van der Waals surface area contributed by atoms with Crippen LogP contribution >= 0.6 is 0 Å². The molecule has 0 aliphatic carbocycles. The van der Waals surface area contributed by atoms with Gasteiger partial charge in [-0.25, -0.2) is 9.59 Å². The van der Waals surface area contributed by atoms with E-state index in [0.717, 1.165) is 11.1 Å². The maximum absolute atomic E-state index is 13.7. The van der Waals surface area contributed by atoms with Crippen LogP contribution in [-0.2, 0) is 9.59 Å². The molecular weight excluding hydrogens is 819 g/mol. The average molecular weight is 862 g/mol. The Labute approximate surface area is 377 Å². The number of allylic oxidation sites excluding steroid dienone is 2. The summed E-state index contributed by atoms with van der Waals surface area (Å²) in [5, 5.41) is 2.80. The summed E-state index contributed by atoms with van der Waals surface area (Å²) in [7, 11) is 0. The number of hydrogen-bond donors (Lipinski definition) is 1. The lowest BCUT2D eigenvalue weighted by molar-refractivity contribution is -0.115. The maximum Gasteiger partial charge on any atom is 0.343 e. The minimum atomic E-state index is -0.756. The number of hydrogen-bond acceptors (Lipinski definition) is 9. The first-order chi connectivity index (χ1) is 31.7. The largest absolute Gasteiger partial charge is 0.494 e. The Bertz CT molecular complexity index is 2790. The Balaban J connectivity index is 1.30. The van der Waals surface area contributed by atoms with Crippen LogP contribution in [0.15, 0.2) is 171 Å². The molecule has 6 aromatic carbocycles. The average Bonchev–Trinajstić information content (AvgIpc) is 3.34. The summed E-state index contributed by atoms with van der Waals surface area (Å²) in [5.41, 5.74) is 3.15. The monoisotopic (exact) mass is 861 g/mol. The molecule has 0 aliphatic heterocycles. The molecule has 0 saturated heterocycles. The van der Waals surface area contributed by atoms with Crippen molar-refractivity contribution in [2.75, 3.05) is 18.5 Å². The highest BCUT2D eigenvalue weighted by Gasteiger charge is 2.21. The zero-order valence-corrected chi connectivity index (χ0v) is 35.3. The molecule has 6 aromatic rings. The number of amides is 1. The molecule has 1 amide bonds. The number of anilines is 1. The van der Waals surface area contributed by atoms with E-state index in [1.165, 1.54) is 48.6 Å². The van der Waals surface area contributed by atoms with E-state index in [0.29, 0.717) is 61.5 Å². The van der Waals surface area contributed by atoms with Crippen LogP contribution in [0.1, 0.15) is 79.0 Å². The third-order valence-electron chi connectivity index (χ3n) is 9.43. The van der Waals surface area contributed by atoms with E-state index < -0.39 is 17.8 Å². The molecule has 10 heteroatoms. The van der Waals surface area contributed by atoms with E-state index in [1.807, 2.05) is 42.5 Å². The molecule has 0 spiro atoms. The number of rotatable bonds is 18. The maximum atomic E-state index is 13.7. The Kier molecular flexibility index (Phi) is 16.5. The van der Waals surface area contributed by atoms with Crippen LogP contribution in [0.25, 0.3) is 0 Å². The molecule has 0 unspecified atom stereocenters. The lowest BCUT2D eigenvalue weighted by Crippen LogP contribution is -2.16. The molecule has 0 bridgehead atoms. The summed E-state index contributed by atoms with van der Waals surface area (Å²) < 4.78 is 23.3. The number of carbonyl (C=O) groups is 5. The second-order valence-electron chi connectivity index (χ2n) is 14.2. The third kappa shape index (κ3) is 14.2. The van der Waals surface area contributed by atoms with E-state index in [2.05, 4.69) is 42.2 Å². The number of ether oxygens (including phenoxy) is 4. The van der Waals surface area contributed by atoms with Crippen molar-refractivity contribution >= 4 is 35.1 Å². The van der Waals surface area contributed by atoms with Crippen LogP contribution in [0, 0.1) is 23.7 Å². The van der Waals surface area contributed by atoms with Gasteiger partial charge in [-0.15, -0.1) is 0 Å². The lowest BCUT2D eigenvalue weighted by Gasteiger charge is -2.16. The van der Waals surface area contributed by atoms with E-state index in [4.69, 9.17) is 18.9 Å². The summed E-state index contributed by atoms with van der Waals surface area (Å²) in [6.07, 6.45) is 4.17. The zero-order valence-electron chi connectivity index (χ0n) is 35.3. The predicted molar refractivity (Wildman–Crippen MR) is 248 cm³/mol. The molecule has 65 heavy (non-hydrogen) atoms. The van der Waals surface area contributed by atoms with Gasteiger partial charge in [0.1, 0.15) is 17.2 Å². The molecule has 0 aromatic heterocycles. The minimum absolute atomic E-state index is 0.0228. The van der Waals surface area contributed by atoms with Gasteiger partial charge in [0, 0.05) is 47.2 Å². The summed E-state index contributed by atoms with van der Waals surface area (Å²) in [6, 6.07) is 40.7. The SMILES string of the molecule is C=CC(=O)CCCOc1ccc(C(=O)Oc2cc(NC(=O)c3ccccc3)c(OC(=O)c3ccc(OCCCC(=O)C=C)cc3)cc2C#Cc2ccc(C#Cc3ccccc3)cc2)cc1. The first-order valence-corrected chi connectivity index (χ1v) is 20.6. The van der Waals surface area contributed by atoms with E-state index in [-0.39, 0.29) is 45.4 Å². The summed E-state index contributed by atoms with van der Waals surface area (Å²) >= 11 is 0. The number of carbonyl (C=O) groups excluding carboxylic acids is 5. The molecule has 0 aliphatic rings. The Morgan fingerprint density at radius 2 is 0.938 bits per heavy atom. The van der Waals surface area contributed by atoms with Crippen LogP contribution in [0.3, 0.4) is 0 Å². The molecule has 0 saturated carbocycles. The van der Waals surface area contributed by atoms with Gasteiger partial charge in [0.15, 0.2) is 17.3 Å². The van der Waals surface area contributed by atoms with Crippen LogP contribution in [-0.4, -0.2) is 42.6 Å². The topological polar surface area (TPSA) is 134 Å². The predicted octanol–water partition coefficient (Wildman–Crippen LogP) is 10.0. The smallest absolute Gasteiger partial charge is 0.343 e. The molecule has 0 atom stereocenters. The van der Waals surface area contributed by atoms with Gasteiger partial charge in [-0.2, -0.15) is 0 Å². The quantitative estimate of drug-likeness (QED) is 0.0295. The van der Waals surface area contributed by atoms with Gasteiger partial charge in [-0.1, -0.05) is 73.2 Å². The normalized spacial score (nSPS) is 10.1. The fourth-order valence-electron chi connectivity index (χ4n) is 5.92. The molecular formula is C55H43NO9. The summed E-state index contributed by atoms with van der Waals surface area (Å²) in [4.78, 5) is 64.0. The highest BCUT2D eigenvalue weighted by atomic mass is 16.5. The molecule has 10 nitrogen and oxygen atoms in total. The van der Waals surface area contributed by atoms with Crippen molar-refractivity contribution in [2.24, 2.45) is 0 Å². The second kappa shape index (κ2) is 23.5. The molecule has 6 rings (SSSR count). The van der Waals surface area contributed by atoms with Crippen molar-refractivity contribution < 1.29 is 42.9 Å². The summed E-state index contributed by atoms with van der Waals surface area (Å²) in [5.74, 6) is 11.1. The van der Waals surface area contributed by atoms with Gasteiger partial charge in [-0.3, -0.25) is 14.4 Å². The summed E-state index contributed by atoms with van der Waals surface area (Å²) in [6.45, 7) is 7.54. The zero-order chi connectivity index (χ0) is 45.8. The van der Waals surface area contributed by atoms with E-state index >= 15 is 0 Å². The fraction of sp³-hybridized carbons (Fsp3) is 0.109. The van der Waals surface area contributed by atoms with Crippen LogP contribution < -0.4 is 24.3 Å². The highest BCUT2D eigenvalue weighted by molar-refractivity contribution is 6.06. The van der Waals surface area contributed by atoms with Gasteiger partial charge in [0.25, 0.3) is 5.91 Å². The number of esters is 2. The Morgan fingerprint density at radius 3 is 1.43 bits per heavy atom. The van der Waals surface area contributed by atoms with Gasteiger partial charge in [0.05, 0.1) is 35.6 Å². The van der Waals surface area contributed by atoms with Gasteiger partial charge >= 0.3 is 11.9 Å². The van der Waals surface area contributed by atoms with Gasteiger partial charge < -0.3 is 24.3 Å². The van der Waals surface area contributed by atoms with Crippen LogP contribution in [0.5, 0.6) is 23.0 Å². The van der Waals surface area contributed by atoms with Crippen molar-refractivity contribution in [1.29, 1.82) is 0 Å². The van der Waals surface area contributed by atoms with Crippen molar-refractivity contribution in [3.05, 3.63) is 210 Å². The first kappa shape index (κ1) is 45.8. The Hall–Kier alpha value is -8.73. The van der Waals surface area contributed by atoms with Crippen molar-refractivity contribution in [3.63, 3.8) is 0 Å². The second-order valence-corrected chi connectivity index (χ2v) is 14.2. The number of ketones is 2. The fourth-order valence-corrected chi connectivity index (χ4v) is 5.92. The highest BCUT2D eigenvalue weighted by Crippen LogP contribution is 2.35.